The second kappa shape index (κ2) is 10.6. The van der Waals surface area contributed by atoms with Crippen LogP contribution in [0.4, 0.5) is 35.9 Å². The molecule has 2 aromatic rings. The third kappa shape index (κ3) is 7.52. The van der Waals surface area contributed by atoms with Gasteiger partial charge in [-0.1, -0.05) is 0 Å². The molecule has 3 amide bonds. The molecule has 0 saturated carbocycles. The Balaban J connectivity index is 2.24. The first-order valence-corrected chi connectivity index (χ1v) is 9.75. The Kier molecular flexibility index (Phi) is 8.12. The highest BCUT2D eigenvalue weighted by atomic mass is 19.4. The van der Waals surface area contributed by atoms with Gasteiger partial charge in [-0.25, -0.2) is 4.79 Å². The highest BCUT2D eigenvalue weighted by molar-refractivity contribution is 6.00. The molecule has 11 nitrogen and oxygen atoms in total. The summed E-state index contributed by atoms with van der Waals surface area (Å²) in [5.41, 5.74) is -2.96. The summed E-state index contributed by atoms with van der Waals surface area (Å²) in [6, 6.07) is 5.53. The molecule has 0 radical (unpaired) electrons. The number of amides is 3. The van der Waals surface area contributed by atoms with Crippen molar-refractivity contribution in [2.24, 2.45) is 0 Å². The number of nitro benzene ring substituents is 1. The Labute approximate surface area is 195 Å². The number of carbonyl (C=O) groups excluding carboxylic acids is 4. The van der Waals surface area contributed by atoms with E-state index in [0.717, 1.165) is 13.0 Å². The third-order valence-corrected chi connectivity index (χ3v) is 4.24. The molecule has 0 aliphatic rings. The van der Waals surface area contributed by atoms with E-state index in [1.54, 1.807) is 0 Å². The zero-order valence-corrected chi connectivity index (χ0v) is 18.5. The molecule has 1 unspecified atom stereocenters. The summed E-state index contributed by atoms with van der Waals surface area (Å²) < 4.78 is 44.9. The fourth-order valence-corrected chi connectivity index (χ4v) is 2.80. The number of carbonyl (C=O) groups is 4. The second-order valence-electron chi connectivity index (χ2n) is 7.18. The lowest BCUT2D eigenvalue weighted by atomic mass is 10.1. The van der Waals surface area contributed by atoms with E-state index in [0.29, 0.717) is 6.07 Å². The van der Waals surface area contributed by atoms with Gasteiger partial charge in [-0.2, -0.15) is 13.2 Å². The molecule has 2 rings (SSSR count). The molecule has 14 heteroatoms. The number of halogens is 3. The predicted molar refractivity (Wildman–Crippen MR) is 117 cm³/mol. The number of rotatable bonds is 7. The Morgan fingerprint density at radius 1 is 0.943 bits per heavy atom. The Morgan fingerprint density at radius 2 is 1.49 bits per heavy atom. The van der Waals surface area contributed by atoms with Gasteiger partial charge in [0.25, 0.3) is 11.6 Å². The van der Waals surface area contributed by atoms with E-state index in [1.807, 2.05) is 5.32 Å². The topological polar surface area (TPSA) is 157 Å². The van der Waals surface area contributed by atoms with E-state index in [1.165, 1.54) is 32.0 Å². The maximum absolute atomic E-state index is 13.3. The normalized spacial score (nSPS) is 11.7. The summed E-state index contributed by atoms with van der Waals surface area (Å²) >= 11 is 0. The molecule has 35 heavy (non-hydrogen) atoms. The molecule has 0 fully saturated rings. The molecule has 0 saturated heterocycles. The minimum atomic E-state index is -5.02. The summed E-state index contributed by atoms with van der Waals surface area (Å²) in [5, 5.41) is 17.6. The van der Waals surface area contributed by atoms with Crippen molar-refractivity contribution in [3.63, 3.8) is 0 Å². The largest absolute Gasteiger partial charge is 0.449 e. The summed E-state index contributed by atoms with van der Waals surface area (Å²) in [6.45, 7) is 3.52. The molecule has 3 N–H and O–H groups in total. The smallest absolute Gasteiger partial charge is 0.418 e. The second-order valence-corrected chi connectivity index (χ2v) is 7.18. The van der Waals surface area contributed by atoms with Crippen molar-refractivity contribution in [3.05, 3.63) is 57.6 Å². The number of anilines is 3. The van der Waals surface area contributed by atoms with Crippen molar-refractivity contribution in [2.75, 3.05) is 16.0 Å². The average Bonchev–Trinajstić information content (AvgIpc) is 2.71. The van der Waals surface area contributed by atoms with Crippen molar-refractivity contribution < 1.29 is 42.0 Å². The van der Waals surface area contributed by atoms with E-state index >= 15 is 0 Å². The molecule has 186 valence electrons. The van der Waals surface area contributed by atoms with Gasteiger partial charge < -0.3 is 20.7 Å². The molecule has 2 aromatic carbocycles. The van der Waals surface area contributed by atoms with Gasteiger partial charge in [0, 0.05) is 37.4 Å². The van der Waals surface area contributed by atoms with Gasteiger partial charge in [0.1, 0.15) is 0 Å². The number of hydrogen-bond acceptors (Lipinski definition) is 7. The standard InChI is InChI=1S/C21H19F3N4O7/c1-10(19(31)27-18-5-4-16(28(33)34)9-17(18)21(22,23)24)35-20(32)13-6-14(25-11(2)29)8-15(7-13)26-12(3)30/h4-10H,1-3H3,(H,25,29)(H,26,30)(H,27,31). The lowest BCUT2D eigenvalue weighted by Crippen LogP contribution is -2.31. The molecular formula is C21H19F3N4O7. The van der Waals surface area contributed by atoms with Crippen LogP contribution in [0.25, 0.3) is 0 Å². The number of nitrogens with one attached hydrogen (secondary N) is 3. The monoisotopic (exact) mass is 496 g/mol. The quantitative estimate of drug-likeness (QED) is 0.300. The molecule has 0 heterocycles. The molecule has 0 aromatic heterocycles. The van der Waals surface area contributed by atoms with E-state index in [4.69, 9.17) is 4.74 Å². The summed E-state index contributed by atoms with van der Waals surface area (Å²) in [4.78, 5) is 57.4. The maximum Gasteiger partial charge on any atom is 0.418 e. The minimum absolute atomic E-state index is 0.133. The summed E-state index contributed by atoms with van der Waals surface area (Å²) in [6.07, 6.45) is -6.61. The number of non-ortho nitro benzene ring substituents is 1. The summed E-state index contributed by atoms with van der Waals surface area (Å²) in [7, 11) is 0. The molecule has 1 atom stereocenters. The van der Waals surface area contributed by atoms with Crippen LogP contribution < -0.4 is 16.0 Å². The molecule has 0 aliphatic heterocycles. The molecule has 0 spiro atoms. The van der Waals surface area contributed by atoms with Crippen LogP contribution in [-0.4, -0.2) is 34.7 Å². The van der Waals surface area contributed by atoms with Crippen LogP contribution in [0.15, 0.2) is 36.4 Å². The number of nitro groups is 1. The van der Waals surface area contributed by atoms with E-state index < -0.39 is 57.8 Å². The van der Waals surface area contributed by atoms with Crippen LogP contribution in [0.1, 0.15) is 36.7 Å². The van der Waals surface area contributed by atoms with Crippen LogP contribution in [0, 0.1) is 10.1 Å². The first kappa shape index (κ1) is 26.8. The van der Waals surface area contributed by atoms with Gasteiger partial charge in [0.15, 0.2) is 6.10 Å². The van der Waals surface area contributed by atoms with Gasteiger partial charge in [0.2, 0.25) is 11.8 Å². The van der Waals surface area contributed by atoms with Gasteiger partial charge in [-0.15, -0.1) is 0 Å². The first-order valence-electron chi connectivity index (χ1n) is 9.75. The maximum atomic E-state index is 13.3. The Hall–Kier alpha value is -4.49. The average molecular weight is 496 g/mol. The first-order chi connectivity index (χ1) is 16.2. The fourth-order valence-electron chi connectivity index (χ4n) is 2.80. The van der Waals surface area contributed by atoms with Gasteiger partial charge in [-0.05, 0) is 31.2 Å². The highest BCUT2D eigenvalue weighted by Gasteiger charge is 2.36. The van der Waals surface area contributed by atoms with Crippen LogP contribution in [0.2, 0.25) is 0 Å². The van der Waals surface area contributed by atoms with E-state index in [-0.39, 0.29) is 23.0 Å². The fraction of sp³-hybridized carbons (Fsp3) is 0.238. The summed E-state index contributed by atoms with van der Waals surface area (Å²) in [5.74, 6) is -3.16. The van der Waals surface area contributed by atoms with Crippen LogP contribution in [0.5, 0.6) is 0 Å². The van der Waals surface area contributed by atoms with E-state index in [2.05, 4.69) is 10.6 Å². The van der Waals surface area contributed by atoms with Crippen molar-refractivity contribution >= 4 is 46.4 Å². The minimum Gasteiger partial charge on any atom is -0.449 e. The number of ether oxygens (including phenoxy) is 1. The van der Waals surface area contributed by atoms with Crippen molar-refractivity contribution in [2.45, 2.75) is 33.1 Å². The number of hydrogen-bond donors (Lipinski definition) is 3. The van der Waals surface area contributed by atoms with Gasteiger partial charge >= 0.3 is 12.1 Å². The lowest BCUT2D eigenvalue weighted by molar-refractivity contribution is -0.385. The van der Waals surface area contributed by atoms with Gasteiger partial charge in [0.05, 0.1) is 21.7 Å². The van der Waals surface area contributed by atoms with Crippen LogP contribution in [-0.2, 0) is 25.3 Å². The SMILES string of the molecule is CC(=O)Nc1cc(NC(C)=O)cc(C(=O)OC(C)C(=O)Nc2ccc([N+](=O)[O-])cc2C(F)(F)F)c1. The number of nitrogens with zero attached hydrogens (tertiary/aromatic N) is 1. The van der Waals surface area contributed by atoms with Crippen molar-refractivity contribution in [1.82, 2.24) is 0 Å². The zero-order valence-electron chi connectivity index (χ0n) is 18.5. The predicted octanol–water partition coefficient (Wildman–Crippen LogP) is 3.71. The molecule has 0 bridgehead atoms. The highest BCUT2D eigenvalue weighted by Crippen LogP contribution is 2.37. The molecule has 0 aliphatic carbocycles. The molecular weight excluding hydrogens is 477 g/mol. The zero-order chi connectivity index (χ0) is 26.5. The lowest BCUT2D eigenvalue weighted by Gasteiger charge is -2.17. The Bertz CT molecular complexity index is 1160. The van der Waals surface area contributed by atoms with Crippen molar-refractivity contribution in [1.29, 1.82) is 0 Å². The Morgan fingerprint density at radius 3 is 1.94 bits per heavy atom. The van der Waals surface area contributed by atoms with Crippen LogP contribution >= 0.6 is 0 Å². The van der Waals surface area contributed by atoms with E-state index in [9.17, 15) is 42.5 Å². The number of benzene rings is 2. The van der Waals surface area contributed by atoms with Gasteiger partial charge in [-0.3, -0.25) is 24.5 Å². The third-order valence-electron chi connectivity index (χ3n) is 4.24. The number of alkyl halides is 3. The van der Waals surface area contributed by atoms with Crippen LogP contribution in [0.3, 0.4) is 0 Å². The number of esters is 1. The van der Waals surface area contributed by atoms with Crippen molar-refractivity contribution in [3.8, 4) is 0 Å².